The predicted octanol–water partition coefficient (Wildman–Crippen LogP) is 4.87. The van der Waals surface area contributed by atoms with E-state index in [0.29, 0.717) is 40.9 Å². The Kier molecular flexibility index (Phi) is 6.96. The zero-order chi connectivity index (χ0) is 27.5. The molecule has 3 amide bonds. The summed E-state index contributed by atoms with van der Waals surface area (Å²) in [4.78, 5) is 40.3. The summed E-state index contributed by atoms with van der Waals surface area (Å²) in [6.45, 7) is 0.794. The average molecular weight is 539 g/mol. The third-order valence-corrected chi connectivity index (χ3v) is 6.76. The molecule has 2 heterocycles. The van der Waals surface area contributed by atoms with Crippen LogP contribution in [-0.4, -0.2) is 40.4 Å². The van der Waals surface area contributed by atoms with E-state index in [2.05, 4.69) is 25.6 Å². The molecule has 40 heavy (non-hydrogen) atoms. The van der Waals surface area contributed by atoms with E-state index >= 15 is 4.39 Å². The van der Waals surface area contributed by atoms with Crippen molar-refractivity contribution in [1.29, 1.82) is 0 Å². The maximum atomic E-state index is 15.0. The Bertz CT molecular complexity index is 1570. The molecule has 1 aliphatic carbocycles. The minimum Gasteiger partial charge on any atom is -0.493 e. The van der Waals surface area contributed by atoms with E-state index in [-0.39, 0.29) is 17.8 Å². The number of hydrogen-bond donors (Lipinski definition) is 3. The Hall–Kier alpha value is -4.99. The quantitative estimate of drug-likeness (QED) is 0.297. The van der Waals surface area contributed by atoms with Gasteiger partial charge in [-0.3, -0.25) is 4.79 Å². The van der Waals surface area contributed by atoms with Crippen LogP contribution in [0.4, 0.5) is 20.6 Å². The first kappa shape index (κ1) is 25.3. The van der Waals surface area contributed by atoms with Crippen molar-refractivity contribution in [3.63, 3.8) is 0 Å². The monoisotopic (exact) mass is 538 g/mol. The largest absolute Gasteiger partial charge is 0.493 e. The number of aromatic nitrogens is 2. The molecule has 2 aliphatic rings. The predicted molar refractivity (Wildman–Crippen MR) is 149 cm³/mol. The molecule has 0 saturated heterocycles. The summed E-state index contributed by atoms with van der Waals surface area (Å²) in [5.74, 6) is 0.273. The van der Waals surface area contributed by atoms with Crippen molar-refractivity contribution >= 4 is 29.0 Å². The van der Waals surface area contributed by atoms with Crippen LogP contribution in [-0.2, 0) is 11.3 Å². The molecule has 0 spiro atoms. The number of ether oxygens (including phenoxy) is 1. The molecular weight excluding hydrogens is 511 g/mol. The van der Waals surface area contributed by atoms with Gasteiger partial charge in [0.15, 0.2) is 0 Å². The van der Waals surface area contributed by atoms with E-state index in [0.717, 1.165) is 0 Å². The van der Waals surface area contributed by atoms with Crippen LogP contribution in [0.15, 0.2) is 90.3 Å². The molecule has 202 valence electrons. The van der Waals surface area contributed by atoms with Gasteiger partial charge in [-0.05, 0) is 49.1 Å². The van der Waals surface area contributed by atoms with Gasteiger partial charge in [-0.25, -0.2) is 19.2 Å². The minimum atomic E-state index is -1.33. The number of anilines is 2. The average Bonchev–Trinajstić information content (AvgIpc) is 3.67. The van der Waals surface area contributed by atoms with Crippen LogP contribution in [0.1, 0.15) is 29.7 Å². The number of carbonyl (C=O) groups excluding carboxylic acids is 2. The molecule has 0 radical (unpaired) electrons. The van der Waals surface area contributed by atoms with Crippen molar-refractivity contribution in [2.75, 3.05) is 16.8 Å². The Morgan fingerprint density at radius 3 is 2.62 bits per heavy atom. The molecular formula is C30H27FN6O3. The van der Waals surface area contributed by atoms with Gasteiger partial charge in [-0.2, -0.15) is 0 Å². The molecule has 3 aromatic carbocycles. The highest BCUT2D eigenvalue weighted by atomic mass is 19.1. The number of hydrogen-bond acceptors (Lipinski definition) is 5. The summed E-state index contributed by atoms with van der Waals surface area (Å²) >= 11 is 0. The highest BCUT2D eigenvalue weighted by molar-refractivity contribution is 6.20. The van der Waals surface area contributed by atoms with Crippen LogP contribution >= 0.6 is 0 Å². The van der Waals surface area contributed by atoms with Gasteiger partial charge in [-0.1, -0.05) is 36.4 Å². The van der Waals surface area contributed by atoms with Crippen LogP contribution in [0.5, 0.6) is 5.75 Å². The van der Waals surface area contributed by atoms with E-state index in [4.69, 9.17) is 4.74 Å². The number of halogens is 1. The molecule has 9 nitrogen and oxygen atoms in total. The van der Waals surface area contributed by atoms with Crippen molar-refractivity contribution in [1.82, 2.24) is 15.3 Å². The van der Waals surface area contributed by atoms with Gasteiger partial charge in [0.25, 0.3) is 5.91 Å². The van der Waals surface area contributed by atoms with Crippen LogP contribution in [0.2, 0.25) is 0 Å². The van der Waals surface area contributed by atoms with Crippen LogP contribution < -0.4 is 20.3 Å². The summed E-state index contributed by atoms with van der Waals surface area (Å²) < 4.78 is 20.8. The number of nitrogens with zero attached hydrogens (tertiary/aromatic N) is 3. The number of rotatable bonds is 8. The fraction of sp³-hybridized carbons (Fsp3) is 0.200. The van der Waals surface area contributed by atoms with Gasteiger partial charge >= 0.3 is 6.03 Å². The summed E-state index contributed by atoms with van der Waals surface area (Å²) in [7, 11) is 0. The van der Waals surface area contributed by atoms with Crippen molar-refractivity contribution in [2.45, 2.75) is 25.6 Å². The first-order valence-corrected chi connectivity index (χ1v) is 13.1. The van der Waals surface area contributed by atoms with Crippen LogP contribution in [0.25, 0.3) is 0 Å². The standard InChI is InChI=1S/C30H27FN6O3/c31-25-10-3-1-8-23(25)27-24-9-2-4-11-26(24)37(16-21-15-32-18-33-21)29(38)28(35-27)36-30(39)34-20-6-5-7-22(14-20)40-17-19-12-13-19/h1-11,14-15,18-19,28H,12-13,16-17H2,(H,32,33)(H2,34,36,39)/t28-/m0/s1. The van der Waals surface area contributed by atoms with Gasteiger partial charge in [0.05, 0.1) is 36.6 Å². The molecule has 1 aliphatic heterocycles. The second kappa shape index (κ2) is 11.0. The van der Waals surface area contributed by atoms with Gasteiger partial charge in [0, 0.05) is 29.1 Å². The van der Waals surface area contributed by atoms with Gasteiger partial charge in [0.2, 0.25) is 6.17 Å². The number of para-hydroxylation sites is 1. The van der Waals surface area contributed by atoms with E-state index in [1.807, 2.05) is 6.07 Å². The lowest BCUT2D eigenvalue weighted by Gasteiger charge is -2.25. The number of fused-ring (bicyclic) bond motifs is 1. The first-order chi connectivity index (χ1) is 19.5. The number of amides is 3. The van der Waals surface area contributed by atoms with E-state index in [9.17, 15) is 9.59 Å². The number of carbonyl (C=O) groups is 2. The smallest absolute Gasteiger partial charge is 0.321 e. The Balaban J connectivity index is 1.32. The Morgan fingerprint density at radius 1 is 1.05 bits per heavy atom. The molecule has 1 fully saturated rings. The first-order valence-electron chi connectivity index (χ1n) is 13.1. The number of aliphatic imine (C=N–C) groups is 1. The normalized spacial score (nSPS) is 16.5. The third kappa shape index (κ3) is 5.56. The van der Waals surface area contributed by atoms with Crippen LogP contribution in [0.3, 0.4) is 0 Å². The zero-order valence-electron chi connectivity index (χ0n) is 21.5. The van der Waals surface area contributed by atoms with Crippen molar-refractivity contribution in [2.24, 2.45) is 10.9 Å². The highest BCUT2D eigenvalue weighted by Gasteiger charge is 2.34. The topological polar surface area (TPSA) is 112 Å². The fourth-order valence-corrected chi connectivity index (χ4v) is 4.55. The Morgan fingerprint density at radius 2 is 1.85 bits per heavy atom. The number of benzene rings is 3. The summed E-state index contributed by atoms with van der Waals surface area (Å²) in [5, 5.41) is 5.44. The molecule has 0 unspecified atom stereocenters. The number of H-pyrrole nitrogens is 1. The molecule has 6 rings (SSSR count). The van der Waals surface area contributed by atoms with Gasteiger partial charge in [-0.15, -0.1) is 0 Å². The highest BCUT2D eigenvalue weighted by Crippen LogP contribution is 2.31. The minimum absolute atomic E-state index is 0.149. The number of benzodiazepines with no additional fused rings is 1. The molecule has 1 saturated carbocycles. The number of nitrogens with one attached hydrogen (secondary N) is 3. The lowest BCUT2D eigenvalue weighted by Crippen LogP contribution is -2.48. The van der Waals surface area contributed by atoms with E-state index in [1.54, 1.807) is 66.9 Å². The lowest BCUT2D eigenvalue weighted by molar-refractivity contribution is -0.120. The SMILES string of the molecule is O=C(Nc1cccc(OCC2CC2)c1)N[C@@H]1N=C(c2ccccc2F)c2ccccc2N(Cc2cnc[nH]2)C1=O. The maximum absolute atomic E-state index is 15.0. The zero-order valence-corrected chi connectivity index (χ0v) is 21.5. The van der Waals surface area contributed by atoms with Crippen LogP contribution in [0, 0.1) is 11.7 Å². The van der Waals surface area contributed by atoms with Crippen molar-refractivity contribution < 1.29 is 18.7 Å². The van der Waals surface area contributed by atoms with Gasteiger partial charge < -0.3 is 25.3 Å². The maximum Gasteiger partial charge on any atom is 0.321 e. The van der Waals surface area contributed by atoms with Gasteiger partial charge in [0.1, 0.15) is 11.6 Å². The molecule has 3 N–H and O–H groups in total. The van der Waals surface area contributed by atoms with Crippen molar-refractivity contribution in [3.05, 3.63) is 108 Å². The molecule has 1 aromatic heterocycles. The molecule has 4 aromatic rings. The van der Waals surface area contributed by atoms with E-state index in [1.165, 1.54) is 30.1 Å². The number of imidazole rings is 1. The van der Waals surface area contributed by atoms with E-state index < -0.39 is 23.9 Å². The summed E-state index contributed by atoms with van der Waals surface area (Å²) in [6.07, 6.45) is 4.15. The molecule has 0 bridgehead atoms. The fourth-order valence-electron chi connectivity index (χ4n) is 4.55. The lowest BCUT2D eigenvalue weighted by atomic mass is 9.99. The summed E-state index contributed by atoms with van der Waals surface area (Å²) in [5.41, 5.74) is 2.76. The third-order valence-electron chi connectivity index (χ3n) is 6.76. The number of aromatic amines is 1. The van der Waals surface area contributed by atoms with Crippen molar-refractivity contribution in [3.8, 4) is 5.75 Å². The summed E-state index contributed by atoms with van der Waals surface area (Å²) in [6, 6.07) is 19.8. The molecule has 1 atom stereocenters. The Labute approximate surface area is 230 Å². The number of urea groups is 1. The second-order valence-corrected chi connectivity index (χ2v) is 9.76. The molecule has 10 heteroatoms. The second-order valence-electron chi connectivity index (χ2n) is 9.76.